The Morgan fingerprint density at radius 1 is 1.42 bits per heavy atom. The first kappa shape index (κ1) is 17.9. The number of aryl methyl sites for hydroxylation is 1. The van der Waals surface area contributed by atoms with E-state index in [1.165, 1.54) is 17.4 Å². The highest BCUT2D eigenvalue weighted by Crippen LogP contribution is 2.29. The number of nitrogens with zero attached hydrogens (tertiary/aromatic N) is 3. The molecule has 2 heterocycles. The summed E-state index contributed by atoms with van der Waals surface area (Å²) >= 11 is 1.47. The summed E-state index contributed by atoms with van der Waals surface area (Å²) in [5.41, 5.74) is 3.09. The molecule has 0 spiro atoms. The van der Waals surface area contributed by atoms with Crippen molar-refractivity contribution >= 4 is 28.8 Å². The maximum Gasteiger partial charge on any atom is 0.253 e. The van der Waals surface area contributed by atoms with E-state index in [0.717, 1.165) is 29.0 Å². The van der Waals surface area contributed by atoms with Gasteiger partial charge in [0, 0.05) is 35.1 Å². The molecule has 6 heteroatoms. The monoisotopic (exact) mass is 365 g/mol. The van der Waals surface area contributed by atoms with E-state index in [2.05, 4.69) is 12.6 Å². The van der Waals surface area contributed by atoms with Crippen LogP contribution in [-0.2, 0) is 17.8 Å². The first-order chi connectivity index (χ1) is 12.5. The zero-order valence-electron chi connectivity index (χ0n) is 14.6. The summed E-state index contributed by atoms with van der Waals surface area (Å²) < 4.78 is 0. The second-order valence-electron chi connectivity index (χ2n) is 6.22. The maximum absolute atomic E-state index is 12.8. The number of rotatable bonds is 4. The largest absolute Gasteiger partial charge is 0.337 e. The van der Waals surface area contributed by atoms with Gasteiger partial charge in [-0.3, -0.25) is 9.59 Å². The Kier molecular flexibility index (Phi) is 5.19. The molecule has 1 aliphatic heterocycles. The van der Waals surface area contributed by atoms with Gasteiger partial charge in [-0.15, -0.1) is 11.3 Å². The average Bonchev–Trinajstić information content (AvgIpc) is 3.13. The van der Waals surface area contributed by atoms with Crippen LogP contribution in [0.5, 0.6) is 0 Å². The Morgan fingerprint density at radius 2 is 2.23 bits per heavy atom. The van der Waals surface area contributed by atoms with Crippen molar-refractivity contribution in [1.82, 2.24) is 4.90 Å². The maximum atomic E-state index is 12.8. The van der Waals surface area contributed by atoms with E-state index >= 15 is 0 Å². The van der Waals surface area contributed by atoms with Gasteiger partial charge in [0.25, 0.3) is 5.91 Å². The number of nitriles is 1. The molecular formula is C20H19N3O2S. The smallest absolute Gasteiger partial charge is 0.253 e. The Labute approximate surface area is 156 Å². The summed E-state index contributed by atoms with van der Waals surface area (Å²) in [6.45, 7) is 4.69. The minimum atomic E-state index is -0.117. The molecule has 1 aromatic heterocycles. The molecule has 0 bridgehead atoms. The molecule has 0 saturated heterocycles. The van der Waals surface area contributed by atoms with Gasteiger partial charge in [-0.05, 0) is 48.7 Å². The van der Waals surface area contributed by atoms with Crippen molar-refractivity contribution in [3.8, 4) is 6.07 Å². The lowest BCUT2D eigenvalue weighted by molar-refractivity contribution is -0.114. The van der Waals surface area contributed by atoms with Gasteiger partial charge in [-0.1, -0.05) is 6.58 Å². The van der Waals surface area contributed by atoms with Gasteiger partial charge in [-0.2, -0.15) is 5.26 Å². The molecule has 0 fully saturated rings. The van der Waals surface area contributed by atoms with E-state index in [0.29, 0.717) is 24.2 Å². The summed E-state index contributed by atoms with van der Waals surface area (Å²) in [6, 6.07) is 9.40. The zero-order chi connectivity index (χ0) is 18.7. The van der Waals surface area contributed by atoms with Crippen molar-refractivity contribution in [3.05, 3.63) is 63.9 Å². The zero-order valence-corrected chi connectivity index (χ0v) is 15.4. The van der Waals surface area contributed by atoms with E-state index in [1.807, 2.05) is 12.1 Å². The quantitative estimate of drug-likeness (QED) is 0.781. The molecule has 132 valence electrons. The normalized spacial score (nSPS) is 12.8. The molecule has 0 N–H and O–H groups in total. The summed E-state index contributed by atoms with van der Waals surface area (Å²) in [5.74, 6) is -0.194. The fraction of sp³-hybridized carbons (Fsp3) is 0.250. The van der Waals surface area contributed by atoms with Crippen LogP contribution >= 0.6 is 11.3 Å². The standard InChI is InChI=1S/C20H19N3O2S/c1-3-19(24)23-8-4-5-15-10-16(6-7-18(15)23)20(25)22(2)12-17-9-14(11-21)13-26-17/h3,6-7,9-10,13H,1,4-5,8,12H2,2H3. The minimum absolute atomic E-state index is 0.0770. The summed E-state index contributed by atoms with van der Waals surface area (Å²) in [6.07, 6.45) is 3.03. The summed E-state index contributed by atoms with van der Waals surface area (Å²) in [5, 5.41) is 10.7. The van der Waals surface area contributed by atoms with Crippen molar-refractivity contribution < 1.29 is 9.59 Å². The second kappa shape index (κ2) is 7.54. The SMILES string of the molecule is C=CC(=O)N1CCCc2cc(C(=O)N(C)Cc3cc(C#N)cs3)ccc21. The highest BCUT2D eigenvalue weighted by Gasteiger charge is 2.22. The van der Waals surface area contributed by atoms with Crippen LogP contribution in [0.25, 0.3) is 0 Å². The van der Waals surface area contributed by atoms with Gasteiger partial charge in [0.15, 0.2) is 0 Å². The third-order valence-electron chi connectivity index (χ3n) is 4.41. The molecule has 0 atom stereocenters. The number of amides is 2. The lowest BCUT2D eigenvalue weighted by Crippen LogP contribution is -2.34. The lowest BCUT2D eigenvalue weighted by Gasteiger charge is -2.29. The third-order valence-corrected chi connectivity index (χ3v) is 5.33. The van der Waals surface area contributed by atoms with E-state index in [9.17, 15) is 9.59 Å². The minimum Gasteiger partial charge on any atom is -0.337 e. The van der Waals surface area contributed by atoms with Crippen LogP contribution in [0.1, 0.15) is 32.8 Å². The van der Waals surface area contributed by atoms with Crippen LogP contribution < -0.4 is 4.90 Å². The van der Waals surface area contributed by atoms with Crippen LogP contribution in [0, 0.1) is 11.3 Å². The van der Waals surface area contributed by atoms with E-state index in [-0.39, 0.29) is 11.8 Å². The average molecular weight is 365 g/mol. The third kappa shape index (κ3) is 3.53. The first-order valence-electron chi connectivity index (χ1n) is 8.33. The van der Waals surface area contributed by atoms with E-state index in [1.54, 1.807) is 34.4 Å². The number of anilines is 1. The first-order valence-corrected chi connectivity index (χ1v) is 9.21. The Balaban J connectivity index is 1.79. The molecule has 0 aliphatic carbocycles. The van der Waals surface area contributed by atoms with Crippen LogP contribution in [0.4, 0.5) is 5.69 Å². The Morgan fingerprint density at radius 3 is 2.92 bits per heavy atom. The summed E-state index contributed by atoms with van der Waals surface area (Å²) in [7, 11) is 1.75. The fourth-order valence-electron chi connectivity index (χ4n) is 3.12. The van der Waals surface area contributed by atoms with E-state index < -0.39 is 0 Å². The Hall–Kier alpha value is -2.91. The molecule has 1 aromatic carbocycles. The van der Waals surface area contributed by atoms with Crippen LogP contribution in [0.15, 0.2) is 42.3 Å². The lowest BCUT2D eigenvalue weighted by atomic mass is 9.98. The van der Waals surface area contributed by atoms with Gasteiger partial charge in [0.05, 0.1) is 12.1 Å². The number of carbonyl (C=O) groups excluding carboxylic acids is 2. The predicted octanol–water partition coefficient (Wildman–Crippen LogP) is 3.36. The molecule has 0 unspecified atom stereocenters. The molecule has 1 aliphatic rings. The number of thiophene rings is 1. The molecule has 3 rings (SSSR count). The van der Waals surface area contributed by atoms with Gasteiger partial charge in [-0.25, -0.2) is 0 Å². The molecule has 5 nitrogen and oxygen atoms in total. The van der Waals surface area contributed by atoms with E-state index in [4.69, 9.17) is 5.26 Å². The van der Waals surface area contributed by atoms with Gasteiger partial charge >= 0.3 is 0 Å². The van der Waals surface area contributed by atoms with Gasteiger partial charge in [0.1, 0.15) is 6.07 Å². The molecule has 26 heavy (non-hydrogen) atoms. The van der Waals surface area contributed by atoms with Crippen LogP contribution in [0.3, 0.4) is 0 Å². The number of carbonyl (C=O) groups is 2. The highest BCUT2D eigenvalue weighted by atomic mass is 32.1. The molecule has 0 radical (unpaired) electrons. The fourth-order valence-corrected chi connectivity index (χ4v) is 3.98. The van der Waals surface area contributed by atoms with Crippen molar-refractivity contribution in [1.29, 1.82) is 5.26 Å². The number of benzene rings is 1. The topological polar surface area (TPSA) is 64.4 Å². The van der Waals surface area contributed by atoms with Crippen molar-refractivity contribution in [2.45, 2.75) is 19.4 Å². The Bertz CT molecular complexity index is 910. The van der Waals surface area contributed by atoms with Gasteiger partial charge in [0.2, 0.25) is 5.91 Å². The molecule has 2 aromatic rings. The summed E-state index contributed by atoms with van der Waals surface area (Å²) in [4.78, 5) is 29.1. The number of hydrogen-bond acceptors (Lipinski definition) is 4. The number of hydrogen-bond donors (Lipinski definition) is 0. The van der Waals surface area contributed by atoms with Crippen molar-refractivity contribution in [2.24, 2.45) is 0 Å². The highest BCUT2D eigenvalue weighted by molar-refractivity contribution is 7.10. The van der Waals surface area contributed by atoms with Crippen LogP contribution in [0.2, 0.25) is 0 Å². The van der Waals surface area contributed by atoms with Crippen molar-refractivity contribution in [2.75, 3.05) is 18.5 Å². The van der Waals surface area contributed by atoms with Crippen molar-refractivity contribution in [3.63, 3.8) is 0 Å². The van der Waals surface area contributed by atoms with Gasteiger partial charge < -0.3 is 9.80 Å². The number of fused-ring (bicyclic) bond motifs is 1. The second-order valence-corrected chi connectivity index (χ2v) is 7.21. The molecular weight excluding hydrogens is 346 g/mol. The molecule has 2 amide bonds. The predicted molar refractivity (Wildman–Crippen MR) is 102 cm³/mol. The molecule has 0 saturated carbocycles. The van der Waals surface area contributed by atoms with Crippen LogP contribution in [-0.4, -0.2) is 30.3 Å².